The summed E-state index contributed by atoms with van der Waals surface area (Å²) in [4.78, 5) is 35.3. The van der Waals surface area contributed by atoms with Crippen molar-refractivity contribution >= 4 is 17.8 Å². The molecule has 0 aliphatic carbocycles. The molecule has 2 amide bonds. The van der Waals surface area contributed by atoms with Gasteiger partial charge in [-0.1, -0.05) is 30.3 Å². The van der Waals surface area contributed by atoms with Crippen LogP contribution in [0.5, 0.6) is 0 Å². The number of amides is 2. The topological polar surface area (TPSA) is 84.5 Å². The SMILES string of the molecule is CCOC(=O)CNC(=O)C1C(=O)NCC1c1ccccc1. The maximum atomic E-state index is 12.2. The lowest BCUT2D eigenvalue weighted by Gasteiger charge is -2.16. The van der Waals surface area contributed by atoms with Crippen molar-refractivity contribution < 1.29 is 19.1 Å². The molecule has 1 aromatic carbocycles. The summed E-state index contributed by atoms with van der Waals surface area (Å²) in [5.74, 6) is -2.32. The predicted molar refractivity (Wildman–Crippen MR) is 75.3 cm³/mol. The largest absolute Gasteiger partial charge is 0.465 e. The molecule has 2 atom stereocenters. The van der Waals surface area contributed by atoms with Crippen molar-refractivity contribution in [1.29, 1.82) is 0 Å². The molecule has 1 aliphatic rings. The first-order chi connectivity index (χ1) is 10.1. The van der Waals surface area contributed by atoms with E-state index in [4.69, 9.17) is 4.74 Å². The van der Waals surface area contributed by atoms with Gasteiger partial charge in [0.2, 0.25) is 11.8 Å². The predicted octanol–water partition coefficient (Wildman–Crippen LogP) is 0.196. The van der Waals surface area contributed by atoms with E-state index in [0.29, 0.717) is 6.54 Å². The van der Waals surface area contributed by atoms with Gasteiger partial charge >= 0.3 is 5.97 Å². The van der Waals surface area contributed by atoms with Crippen molar-refractivity contribution in [2.75, 3.05) is 19.7 Å². The van der Waals surface area contributed by atoms with Crippen LogP contribution in [-0.2, 0) is 19.1 Å². The maximum absolute atomic E-state index is 12.2. The Morgan fingerprint density at radius 3 is 2.71 bits per heavy atom. The zero-order chi connectivity index (χ0) is 15.2. The molecule has 1 fully saturated rings. The third-order valence-electron chi connectivity index (χ3n) is 3.40. The summed E-state index contributed by atoms with van der Waals surface area (Å²) < 4.78 is 4.74. The highest BCUT2D eigenvalue weighted by Crippen LogP contribution is 2.28. The monoisotopic (exact) mass is 290 g/mol. The molecule has 1 saturated heterocycles. The van der Waals surface area contributed by atoms with Crippen molar-refractivity contribution in [2.24, 2.45) is 5.92 Å². The normalized spacial score (nSPS) is 20.7. The summed E-state index contributed by atoms with van der Waals surface area (Å²) in [6, 6.07) is 9.38. The number of esters is 1. The highest BCUT2D eigenvalue weighted by atomic mass is 16.5. The summed E-state index contributed by atoms with van der Waals surface area (Å²) in [5, 5.41) is 5.16. The van der Waals surface area contributed by atoms with Crippen LogP contribution in [0.3, 0.4) is 0 Å². The van der Waals surface area contributed by atoms with Crippen molar-refractivity contribution in [2.45, 2.75) is 12.8 Å². The number of carbonyl (C=O) groups is 3. The molecule has 21 heavy (non-hydrogen) atoms. The number of hydrogen-bond donors (Lipinski definition) is 2. The molecule has 6 nitrogen and oxygen atoms in total. The van der Waals surface area contributed by atoms with Gasteiger partial charge < -0.3 is 15.4 Å². The third-order valence-corrected chi connectivity index (χ3v) is 3.40. The minimum Gasteiger partial charge on any atom is -0.465 e. The van der Waals surface area contributed by atoms with E-state index in [1.807, 2.05) is 30.3 Å². The summed E-state index contributed by atoms with van der Waals surface area (Å²) in [5.41, 5.74) is 0.923. The fourth-order valence-corrected chi connectivity index (χ4v) is 2.41. The van der Waals surface area contributed by atoms with Gasteiger partial charge in [-0.05, 0) is 12.5 Å². The lowest BCUT2D eigenvalue weighted by molar-refractivity contribution is -0.144. The number of nitrogens with one attached hydrogen (secondary N) is 2. The van der Waals surface area contributed by atoms with Gasteiger partial charge in [0.25, 0.3) is 0 Å². The summed E-state index contributed by atoms with van der Waals surface area (Å²) in [6.07, 6.45) is 0. The Hall–Kier alpha value is -2.37. The Morgan fingerprint density at radius 2 is 2.05 bits per heavy atom. The molecule has 2 unspecified atom stereocenters. The molecule has 0 saturated carbocycles. The molecule has 0 bridgehead atoms. The van der Waals surface area contributed by atoms with E-state index < -0.39 is 17.8 Å². The standard InChI is InChI=1S/C15H18N2O4/c1-2-21-12(18)9-17-15(20)13-11(8-16-14(13)19)10-6-4-3-5-7-10/h3-7,11,13H,2,8-9H2,1H3,(H,16,19)(H,17,20). The molecule has 112 valence electrons. The van der Waals surface area contributed by atoms with Crippen LogP contribution in [-0.4, -0.2) is 37.5 Å². The van der Waals surface area contributed by atoms with Crippen LogP contribution in [0.15, 0.2) is 30.3 Å². The van der Waals surface area contributed by atoms with Gasteiger partial charge in [-0.25, -0.2) is 0 Å². The Balaban J connectivity index is 2.03. The number of carbonyl (C=O) groups excluding carboxylic acids is 3. The van der Waals surface area contributed by atoms with E-state index >= 15 is 0 Å². The maximum Gasteiger partial charge on any atom is 0.325 e. The average Bonchev–Trinajstić information content (AvgIpc) is 2.88. The fraction of sp³-hybridized carbons (Fsp3) is 0.400. The molecule has 2 rings (SSSR count). The summed E-state index contributed by atoms with van der Waals surface area (Å²) in [7, 11) is 0. The van der Waals surface area contributed by atoms with Gasteiger partial charge in [0.05, 0.1) is 6.61 Å². The zero-order valence-electron chi connectivity index (χ0n) is 11.8. The van der Waals surface area contributed by atoms with Crippen LogP contribution in [0.4, 0.5) is 0 Å². The first-order valence-corrected chi connectivity index (χ1v) is 6.89. The van der Waals surface area contributed by atoms with E-state index in [0.717, 1.165) is 5.56 Å². The van der Waals surface area contributed by atoms with Gasteiger partial charge in [0.15, 0.2) is 0 Å². The van der Waals surface area contributed by atoms with Crippen molar-refractivity contribution in [3.63, 3.8) is 0 Å². The first kappa shape index (κ1) is 15.0. The number of benzene rings is 1. The first-order valence-electron chi connectivity index (χ1n) is 6.89. The highest BCUT2D eigenvalue weighted by Gasteiger charge is 2.40. The van der Waals surface area contributed by atoms with Crippen molar-refractivity contribution in [3.05, 3.63) is 35.9 Å². The number of rotatable bonds is 5. The van der Waals surface area contributed by atoms with Crippen LogP contribution >= 0.6 is 0 Å². The third kappa shape index (κ3) is 3.59. The van der Waals surface area contributed by atoms with Crippen LogP contribution in [0.1, 0.15) is 18.4 Å². The fourth-order valence-electron chi connectivity index (χ4n) is 2.41. The van der Waals surface area contributed by atoms with E-state index in [-0.39, 0.29) is 25.0 Å². The Morgan fingerprint density at radius 1 is 1.33 bits per heavy atom. The van der Waals surface area contributed by atoms with Gasteiger partial charge in [-0.2, -0.15) is 0 Å². The number of ether oxygens (including phenoxy) is 1. The van der Waals surface area contributed by atoms with Crippen LogP contribution in [0.25, 0.3) is 0 Å². The van der Waals surface area contributed by atoms with Crippen LogP contribution < -0.4 is 10.6 Å². The van der Waals surface area contributed by atoms with Gasteiger partial charge in [0, 0.05) is 12.5 Å². The smallest absolute Gasteiger partial charge is 0.325 e. The van der Waals surface area contributed by atoms with Crippen LogP contribution in [0, 0.1) is 5.92 Å². The quantitative estimate of drug-likeness (QED) is 0.599. The van der Waals surface area contributed by atoms with Gasteiger partial charge in [-0.3, -0.25) is 14.4 Å². The molecule has 0 radical (unpaired) electrons. The molecule has 1 aliphatic heterocycles. The van der Waals surface area contributed by atoms with E-state index in [9.17, 15) is 14.4 Å². The summed E-state index contributed by atoms with van der Waals surface area (Å²) in [6.45, 7) is 2.14. The molecule has 1 aromatic rings. The number of hydrogen-bond acceptors (Lipinski definition) is 4. The Kier molecular flexibility index (Phi) is 4.92. The van der Waals surface area contributed by atoms with Crippen molar-refractivity contribution in [3.8, 4) is 0 Å². The zero-order valence-corrected chi connectivity index (χ0v) is 11.8. The Bertz CT molecular complexity index is 530. The molecular formula is C15H18N2O4. The van der Waals surface area contributed by atoms with E-state index in [1.54, 1.807) is 6.92 Å². The molecule has 2 N–H and O–H groups in total. The molecule has 0 spiro atoms. The van der Waals surface area contributed by atoms with Crippen molar-refractivity contribution in [1.82, 2.24) is 10.6 Å². The van der Waals surface area contributed by atoms with E-state index in [1.165, 1.54) is 0 Å². The second-order valence-electron chi connectivity index (χ2n) is 4.76. The van der Waals surface area contributed by atoms with Gasteiger partial charge in [0.1, 0.15) is 12.5 Å². The molecule has 6 heteroatoms. The molecule has 0 aromatic heterocycles. The lowest BCUT2D eigenvalue weighted by atomic mass is 9.88. The molecule has 1 heterocycles. The molecular weight excluding hydrogens is 272 g/mol. The van der Waals surface area contributed by atoms with E-state index in [2.05, 4.69) is 10.6 Å². The summed E-state index contributed by atoms with van der Waals surface area (Å²) >= 11 is 0. The van der Waals surface area contributed by atoms with Gasteiger partial charge in [-0.15, -0.1) is 0 Å². The van der Waals surface area contributed by atoms with Crippen LogP contribution in [0.2, 0.25) is 0 Å². The second-order valence-corrected chi connectivity index (χ2v) is 4.76. The highest BCUT2D eigenvalue weighted by molar-refractivity contribution is 6.03. The lowest BCUT2D eigenvalue weighted by Crippen LogP contribution is -2.40. The average molecular weight is 290 g/mol. The minimum atomic E-state index is -0.818. The second kappa shape index (κ2) is 6.88. The Labute approximate surface area is 122 Å². The minimum absolute atomic E-state index is 0.221.